The summed E-state index contributed by atoms with van der Waals surface area (Å²) in [6.07, 6.45) is 4.01. The summed E-state index contributed by atoms with van der Waals surface area (Å²) in [5.74, 6) is -1.10. The Hall–Kier alpha value is -3.27. The average Bonchev–Trinajstić information content (AvgIpc) is 3.31. The Morgan fingerprint density at radius 1 is 1.14 bits per heavy atom. The van der Waals surface area contributed by atoms with Crippen LogP contribution in [0.1, 0.15) is 22.4 Å². The molecule has 0 spiro atoms. The first-order chi connectivity index (χ1) is 14.2. The number of benzene rings is 1. The van der Waals surface area contributed by atoms with Crippen molar-refractivity contribution in [2.45, 2.75) is 17.7 Å². The number of hydrogen-bond donors (Lipinski definition) is 3. The summed E-state index contributed by atoms with van der Waals surface area (Å²) in [4.78, 5) is 4.68. The molecular formula is C22H19N5OS. The lowest BCUT2D eigenvalue weighted by Gasteiger charge is -2.49. The van der Waals surface area contributed by atoms with Crippen LogP contribution in [0.3, 0.4) is 0 Å². The van der Waals surface area contributed by atoms with Gasteiger partial charge in [0.1, 0.15) is 0 Å². The van der Waals surface area contributed by atoms with Crippen LogP contribution in [0.15, 0.2) is 83.4 Å². The summed E-state index contributed by atoms with van der Waals surface area (Å²) >= 11 is 1.42. The average molecular weight is 401 g/mol. The maximum atomic E-state index is 12.0. The molecule has 0 radical (unpaired) electrons. The lowest BCUT2D eigenvalue weighted by Crippen LogP contribution is -2.65. The van der Waals surface area contributed by atoms with Crippen LogP contribution in [0.4, 0.5) is 0 Å². The Morgan fingerprint density at radius 3 is 2.48 bits per heavy atom. The summed E-state index contributed by atoms with van der Waals surface area (Å²) in [6, 6.07) is 22.9. The molecular weight excluding hydrogens is 382 g/mol. The Morgan fingerprint density at radius 2 is 1.86 bits per heavy atom. The second-order valence-electron chi connectivity index (χ2n) is 6.79. The minimum Gasteiger partial charge on any atom is -0.385 e. The van der Waals surface area contributed by atoms with Crippen molar-refractivity contribution in [1.29, 1.82) is 10.7 Å². The van der Waals surface area contributed by atoms with Crippen molar-refractivity contribution in [3.63, 3.8) is 0 Å². The van der Waals surface area contributed by atoms with Gasteiger partial charge in [-0.1, -0.05) is 42.5 Å². The molecule has 3 N–H and O–H groups in total. The van der Waals surface area contributed by atoms with Gasteiger partial charge in [0.15, 0.2) is 12.4 Å². The number of piperidine rings is 1. The van der Waals surface area contributed by atoms with Gasteiger partial charge in [-0.3, -0.25) is 0 Å². The normalized spacial score (nSPS) is 26.3. The van der Waals surface area contributed by atoms with Crippen LogP contribution < -0.4 is 9.88 Å². The predicted molar refractivity (Wildman–Crippen MR) is 109 cm³/mol. The highest BCUT2D eigenvalue weighted by Gasteiger charge is 2.57. The van der Waals surface area contributed by atoms with E-state index < -0.39 is 23.6 Å². The predicted octanol–water partition coefficient (Wildman–Crippen LogP) is 3.19. The van der Waals surface area contributed by atoms with E-state index in [-0.39, 0.29) is 6.17 Å². The third-order valence-corrected chi connectivity index (χ3v) is 6.19. The molecule has 3 aromatic rings. The molecule has 0 bridgehead atoms. The lowest BCUT2D eigenvalue weighted by atomic mass is 9.71. The molecule has 4 atom stereocenters. The monoisotopic (exact) mass is 401 g/mol. The minimum atomic E-state index is -1.52. The van der Waals surface area contributed by atoms with E-state index >= 15 is 0 Å². The van der Waals surface area contributed by atoms with Crippen molar-refractivity contribution in [3.8, 4) is 6.07 Å². The first-order valence-electron chi connectivity index (χ1n) is 9.13. The molecule has 0 aliphatic carbocycles. The molecule has 29 heavy (non-hydrogen) atoms. The third-order valence-electron chi connectivity index (χ3n) is 5.20. The van der Waals surface area contributed by atoms with Gasteiger partial charge in [-0.05, 0) is 23.2 Å². The highest BCUT2D eigenvalue weighted by molar-refractivity contribution is 7.10. The Labute approximate surface area is 172 Å². The quantitative estimate of drug-likeness (QED) is 0.356. The number of aliphatic hydroxyl groups is 1. The fourth-order valence-electron chi connectivity index (χ4n) is 4.01. The number of nitriles is 1. The van der Waals surface area contributed by atoms with E-state index in [4.69, 9.17) is 5.41 Å². The van der Waals surface area contributed by atoms with Gasteiger partial charge in [-0.15, -0.1) is 11.3 Å². The number of hydrogen-bond acceptors (Lipinski definition) is 6. The fourth-order valence-corrected chi connectivity index (χ4v) is 4.82. The van der Waals surface area contributed by atoms with E-state index in [0.29, 0.717) is 4.88 Å². The molecule has 1 aliphatic rings. The van der Waals surface area contributed by atoms with E-state index in [1.54, 1.807) is 0 Å². The van der Waals surface area contributed by atoms with Crippen molar-refractivity contribution in [2.75, 3.05) is 0 Å². The van der Waals surface area contributed by atoms with Gasteiger partial charge in [-0.25, -0.2) is 0 Å². The van der Waals surface area contributed by atoms with Gasteiger partial charge >= 0.3 is 0 Å². The van der Waals surface area contributed by atoms with E-state index in [0.717, 1.165) is 5.56 Å². The molecule has 3 heterocycles. The van der Waals surface area contributed by atoms with Crippen molar-refractivity contribution in [3.05, 3.63) is 95.0 Å². The number of pyridine rings is 1. The van der Waals surface area contributed by atoms with Crippen LogP contribution in [-0.4, -0.2) is 11.1 Å². The summed E-state index contributed by atoms with van der Waals surface area (Å²) in [5, 5.41) is 34.3. The van der Waals surface area contributed by atoms with E-state index in [2.05, 4.69) is 16.4 Å². The molecule has 6 nitrogen and oxygen atoms in total. The van der Waals surface area contributed by atoms with Crippen LogP contribution in [0.25, 0.3) is 0 Å². The summed E-state index contributed by atoms with van der Waals surface area (Å²) in [6.45, 7) is 0. The number of nitrogens with zero attached hydrogens (tertiary/aromatic N) is 3. The van der Waals surface area contributed by atoms with Gasteiger partial charge in [0.2, 0.25) is 11.8 Å². The molecule has 1 fully saturated rings. The zero-order chi connectivity index (χ0) is 20.3. The van der Waals surface area contributed by atoms with Gasteiger partial charge in [-0.2, -0.15) is 15.8 Å². The van der Waals surface area contributed by atoms with Gasteiger partial charge in [0, 0.05) is 18.1 Å². The first-order valence-corrected chi connectivity index (χ1v) is 10.0. The molecule has 4 rings (SSSR count). The lowest BCUT2D eigenvalue weighted by molar-refractivity contribution is -0.746. The molecule has 7 heteroatoms. The Kier molecular flexibility index (Phi) is 5.26. The van der Waals surface area contributed by atoms with E-state index in [9.17, 15) is 10.4 Å². The Bertz CT molecular complexity index is 1040. The topological polar surface area (TPSA) is 96.1 Å². The van der Waals surface area contributed by atoms with Crippen LogP contribution in [0.2, 0.25) is 0 Å². The number of rotatable bonds is 4. The standard InChI is InChI=1S/C22H19N5OS/c23-14-17-19(16-8-3-1-4-9-16)20(27-11-5-2-6-12-27)22(28,18-10-7-13-29-18)26-21(17)25-15-24/h1-13,17,19-20,24,26,28H/t17-,19+,20-,22-/m1/s1. The summed E-state index contributed by atoms with van der Waals surface area (Å²) in [7, 11) is 0. The van der Waals surface area contributed by atoms with Crippen molar-refractivity contribution >= 4 is 17.3 Å². The van der Waals surface area contributed by atoms with Crippen molar-refractivity contribution in [1.82, 2.24) is 5.32 Å². The zero-order valence-electron chi connectivity index (χ0n) is 15.4. The number of aliphatic imine (C=N–C) groups is 1. The van der Waals surface area contributed by atoms with Crippen LogP contribution in [-0.2, 0) is 5.72 Å². The smallest absolute Gasteiger partial charge is 0.211 e. The van der Waals surface area contributed by atoms with Gasteiger partial charge in [0.05, 0.1) is 16.9 Å². The SMILES string of the molecule is N#C[C@H]1[C-](N=C=N)N[C@@](O)(c2cccs2)[C@H]([n+]2ccccc2)[C@H]1c1ccccc1. The summed E-state index contributed by atoms with van der Waals surface area (Å²) in [5.41, 5.74) is -0.612. The molecule has 2 aromatic heterocycles. The van der Waals surface area contributed by atoms with E-state index in [1.165, 1.54) is 11.3 Å². The largest absolute Gasteiger partial charge is 0.385 e. The third kappa shape index (κ3) is 3.35. The Balaban J connectivity index is 1.98. The fraction of sp³-hybridized carbons (Fsp3) is 0.182. The number of nitrogens with one attached hydrogen (secondary N) is 2. The molecule has 1 aliphatic heterocycles. The minimum absolute atomic E-state index is 0.236. The molecule has 0 amide bonds. The maximum absolute atomic E-state index is 12.0. The van der Waals surface area contributed by atoms with Crippen LogP contribution in [0.5, 0.6) is 0 Å². The van der Waals surface area contributed by atoms with Gasteiger partial charge in [0.25, 0.3) is 0 Å². The second-order valence-corrected chi connectivity index (χ2v) is 7.74. The molecule has 0 saturated carbocycles. The molecule has 1 aromatic carbocycles. The van der Waals surface area contributed by atoms with Crippen molar-refractivity contribution < 1.29 is 9.67 Å². The van der Waals surface area contributed by atoms with Crippen LogP contribution in [0, 0.1) is 28.8 Å². The van der Waals surface area contributed by atoms with E-state index in [1.807, 2.05) is 89.0 Å². The highest BCUT2D eigenvalue weighted by Crippen LogP contribution is 2.50. The first kappa shape index (κ1) is 19.1. The number of aromatic nitrogens is 1. The maximum Gasteiger partial charge on any atom is 0.211 e. The molecule has 0 unspecified atom stereocenters. The molecule has 144 valence electrons. The van der Waals surface area contributed by atoms with Gasteiger partial charge < -0.3 is 20.8 Å². The van der Waals surface area contributed by atoms with Crippen LogP contribution >= 0.6 is 11.3 Å². The number of thiophene rings is 1. The zero-order valence-corrected chi connectivity index (χ0v) is 16.3. The highest BCUT2D eigenvalue weighted by atomic mass is 32.1. The van der Waals surface area contributed by atoms with Crippen molar-refractivity contribution in [2.24, 2.45) is 10.9 Å². The summed E-state index contributed by atoms with van der Waals surface area (Å²) < 4.78 is 1.93. The second kappa shape index (κ2) is 8.00. The molecule has 1 saturated heterocycles.